The molecule has 0 unspecified atom stereocenters. The van der Waals surface area contributed by atoms with Gasteiger partial charge in [-0.3, -0.25) is 4.98 Å². The fourth-order valence-electron chi connectivity index (χ4n) is 1.36. The van der Waals surface area contributed by atoms with Crippen molar-refractivity contribution in [1.82, 2.24) is 10.3 Å². The third kappa shape index (κ3) is 4.75. The number of pyridine rings is 1. The Balaban J connectivity index is 2.16. The number of aromatic nitrogens is 1. The summed E-state index contributed by atoms with van der Waals surface area (Å²) in [6.45, 7) is 3.55. The quantitative estimate of drug-likeness (QED) is 0.220. The minimum absolute atomic E-state index is 0.274. The summed E-state index contributed by atoms with van der Waals surface area (Å²) in [6.07, 6.45) is 1.45. The summed E-state index contributed by atoms with van der Waals surface area (Å²) in [4.78, 5) is 4.37. The van der Waals surface area contributed by atoms with Crippen LogP contribution < -0.4 is 11.1 Å². The zero-order valence-electron chi connectivity index (χ0n) is 9.48. The molecule has 0 amide bonds. The van der Waals surface area contributed by atoms with Gasteiger partial charge in [0.15, 0.2) is 0 Å². The molecule has 0 saturated heterocycles. The van der Waals surface area contributed by atoms with Crippen LogP contribution in [0.3, 0.4) is 0 Å². The predicted octanol–water partition coefficient (Wildman–Crippen LogP) is 1.01. The Labute approximate surface area is 95.4 Å². The van der Waals surface area contributed by atoms with E-state index in [4.69, 9.17) is 10.9 Å². The summed E-state index contributed by atoms with van der Waals surface area (Å²) >= 11 is 0. The Kier molecular flexibility index (Phi) is 5.28. The Morgan fingerprint density at radius 2 is 2.38 bits per heavy atom. The highest BCUT2D eigenvalue weighted by molar-refractivity contribution is 5.79. The van der Waals surface area contributed by atoms with Crippen molar-refractivity contribution in [2.24, 2.45) is 10.9 Å². The third-order valence-electron chi connectivity index (χ3n) is 2.17. The van der Waals surface area contributed by atoms with E-state index in [1.54, 1.807) is 0 Å². The number of rotatable bonds is 6. The molecule has 1 rings (SSSR count). The maximum atomic E-state index is 8.33. The van der Waals surface area contributed by atoms with Crippen molar-refractivity contribution in [3.63, 3.8) is 0 Å². The molecule has 1 heterocycles. The number of nitrogens with one attached hydrogen (secondary N) is 1. The van der Waals surface area contributed by atoms with Gasteiger partial charge in [-0.2, -0.15) is 0 Å². The molecular weight excluding hydrogens is 204 g/mol. The van der Waals surface area contributed by atoms with Gasteiger partial charge < -0.3 is 16.3 Å². The summed E-state index contributed by atoms with van der Waals surface area (Å²) in [7, 11) is 0. The Bertz CT molecular complexity index is 352. The molecular formula is C11H18N4O. The molecule has 0 aliphatic rings. The van der Waals surface area contributed by atoms with E-state index in [0.29, 0.717) is 6.42 Å². The molecule has 0 aromatic carbocycles. The number of nitrogens with zero attached hydrogens (tertiary/aromatic N) is 2. The van der Waals surface area contributed by atoms with Crippen LogP contribution in [-0.2, 0) is 6.54 Å². The van der Waals surface area contributed by atoms with E-state index < -0.39 is 0 Å². The Morgan fingerprint density at radius 1 is 1.56 bits per heavy atom. The average Bonchev–Trinajstić information content (AvgIpc) is 2.28. The smallest absolute Gasteiger partial charge is 0.139 e. The lowest BCUT2D eigenvalue weighted by molar-refractivity contribution is 0.316. The molecule has 0 atom stereocenters. The molecule has 0 bridgehead atoms. The molecule has 5 heteroatoms. The summed E-state index contributed by atoms with van der Waals surface area (Å²) in [6, 6.07) is 5.96. The van der Waals surface area contributed by atoms with E-state index in [2.05, 4.69) is 15.5 Å². The van der Waals surface area contributed by atoms with Crippen LogP contribution in [0.1, 0.15) is 24.2 Å². The van der Waals surface area contributed by atoms with Gasteiger partial charge in [-0.1, -0.05) is 11.2 Å². The molecule has 0 saturated carbocycles. The first-order chi connectivity index (χ1) is 7.72. The van der Waals surface area contributed by atoms with Crippen LogP contribution in [0.2, 0.25) is 0 Å². The van der Waals surface area contributed by atoms with Crippen LogP contribution in [0.25, 0.3) is 0 Å². The van der Waals surface area contributed by atoms with Crippen molar-refractivity contribution in [2.45, 2.75) is 26.3 Å². The van der Waals surface area contributed by atoms with Gasteiger partial charge in [-0.15, -0.1) is 0 Å². The lowest BCUT2D eigenvalue weighted by Gasteiger charge is -2.04. The highest BCUT2D eigenvalue weighted by Crippen LogP contribution is 1.97. The van der Waals surface area contributed by atoms with Crippen molar-refractivity contribution >= 4 is 5.84 Å². The number of aryl methyl sites for hydroxylation is 1. The van der Waals surface area contributed by atoms with Gasteiger partial charge in [-0.25, -0.2) is 0 Å². The normalized spacial score (nSPS) is 11.7. The lowest BCUT2D eigenvalue weighted by atomic mass is 10.3. The van der Waals surface area contributed by atoms with E-state index in [1.807, 2.05) is 25.1 Å². The van der Waals surface area contributed by atoms with Gasteiger partial charge in [-0.05, 0) is 32.0 Å². The second-order valence-electron chi connectivity index (χ2n) is 3.64. The molecule has 88 valence electrons. The second kappa shape index (κ2) is 6.79. The molecule has 0 spiro atoms. The summed E-state index contributed by atoms with van der Waals surface area (Å²) in [5.74, 6) is 0.274. The molecule has 0 fully saturated rings. The SMILES string of the molecule is Cc1cccc(CNCCCC(N)=NO)n1. The van der Waals surface area contributed by atoms with E-state index in [9.17, 15) is 0 Å². The van der Waals surface area contributed by atoms with Crippen LogP contribution in [0.15, 0.2) is 23.4 Å². The van der Waals surface area contributed by atoms with E-state index >= 15 is 0 Å². The topological polar surface area (TPSA) is 83.5 Å². The molecule has 4 N–H and O–H groups in total. The summed E-state index contributed by atoms with van der Waals surface area (Å²) in [5, 5.41) is 14.5. The number of amidine groups is 1. The van der Waals surface area contributed by atoms with Crippen LogP contribution in [0.4, 0.5) is 0 Å². The molecule has 1 aromatic heterocycles. The Hall–Kier alpha value is -1.62. The number of hydrogen-bond acceptors (Lipinski definition) is 4. The molecule has 5 nitrogen and oxygen atoms in total. The second-order valence-corrected chi connectivity index (χ2v) is 3.64. The van der Waals surface area contributed by atoms with E-state index in [-0.39, 0.29) is 5.84 Å². The first-order valence-corrected chi connectivity index (χ1v) is 5.32. The van der Waals surface area contributed by atoms with Crippen LogP contribution in [0.5, 0.6) is 0 Å². The fourth-order valence-corrected chi connectivity index (χ4v) is 1.36. The minimum atomic E-state index is 0.274. The van der Waals surface area contributed by atoms with Crippen molar-refractivity contribution in [3.8, 4) is 0 Å². The van der Waals surface area contributed by atoms with Crippen LogP contribution in [-0.4, -0.2) is 22.6 Å². The van der Waals surface area contributed by atoms with Crippen molar-refractivity contribution in [1.29, 1.82) is 0 Å². The van der Waals surface area contributed by atoms with Gasteiger partial charge in [0.2, 0.25) is 0 Å². The van der Waals surface area contributed by atoms with Gasteiger partial charge in [0, 0.05) is 18.7 Å². The first kappa shape index (κ1) is 12.4. The molecule has 0 radical (unpaired) electrons. The van der Waals surface area contributed by atoms with E-state index in [0.717, 1.165) is 30.9 Å². The van der Waals surface area contributed by atoms with Gasteiger partial charge in [0.1, 0.15) is 5.84 Å². The molecule has 0 aliphatic carbocycles. The van der Waals surface area contributed by atoms with Crippen LogP contribution in [0, 0.1) is 6.92 Å². The molecule has 16 heavy (non-hydrogen) atoms. The zero-order valence-corrected chi connectivity index (χ0v) is 9.48. The Morgan fingerprint density at radius 3 is 3.06 bits per heavy atom. The van der Waals surface area contributed by atoms with Crippen molar-refractivity contribution in [3.05, 3.63) is 29.6 Å². The monoisotopic (exact) mass is 222 g/mol. The molecule has 0 aliphatic heterocycles. The minimum Gasteiger partial charge on any atom is -0.409 e. The highest BCUT2D eigenvalue weighted by atomic mass is 16.4. The van der Waals surface area contributed by atoms with Gasteiger partial charge in [0.05, 0.1) is 5.69 Å². The zero-order chi connectivity index (χ0) is 11.8. The largest absolute Gasteiger partial charge is 0.409 e. The number of oxime groups is 1. The van der Waals surface area contributed by atoms with Gasteiger partial charge >= 0.3 is 0 Å². The number of hydrogen-bond donors (Lipinski definition) is 3. The van der Waals surface area contributed by atoms with Crippen molar-refractivity contribution in [2.75, 3.05) is 6.54 Å². The number of nitrogens with two attached hydrogens (primary N) is 1. The first-order valence-electron chi connectivity index (χ1n) is 5.32. The molecule has 1 aromatic rings. The average molecular weight is 222 g/mol. The highest BCUT2D eigenvalue weighted by Gasteiger charge is 1.96. The van der Waals surface area contributed by atoms with Crippen molar-refractivity contribution < 1.29 is 5.21 Å². The summed E-state index contributed by atoms with van der Waals surface area (Å²) in [5.41, 5.74) is 7.40. The van der Waals surface area contributed by atoms with E-state index in [1.165, 1.54) is 0 Å². The summed E-state index contributed by atoms with van der Waals surface area (Å²) < 4.78 is 0. The fraction of sp³-hybridized carbons (Fsp3) is 0.455. The lowest BCUT2D eigenvalue weighted by Crippen LogP contribution is -2.19. The maximum absolute atomic E-state index is 8.33. The third-order valence-corrected chi connectivity index (χ3v) is 2.17. The predicted molar refractivity (Wildman–Crippen MR) is 63.3 cm³/mol. The van der Waals surface area contributed by atoms with Crippen LogP contribution >= 0.6 is 0 Å². The van der Waals surface area contributed by atoms with Gasteiger partial charge in [0.25, 0.3) is 0 Å². The standard InChI is InChI=1S/C11H18N4O/c1-9-4-2-5-10(14-9)8-13-7-3-6-11(12)15-16/h2,4-5,13,16H,3,6-8H2,1H3,(H2,12,15). The maximum Gasteiger partial charge on any atom is 0.139 e.